The third-order valence-electron chi connectivity index (χ3n) is 4.25. The van der Waals surface area contributed by atoms with E-state index in [1.807, 2.05) is 12.5 Å². The zero-order valence-corrected chi connectivity index (χ0v) is 17.6. The summed E-state index contributed by atoms with van der Waals surface area (Å²) in [5.41, 5.74) is 12.3. The lowest BCUT2D eigenvalue weighted by Gasteiger charge is -2.35. The highest BCUT2D eigenvalue weighted by Crippen LogP contribution is 2.25. The maximum atomic E-state index is 12.9. The molecule has 0 spiro atoms. The molecule has 29 heavy (non-hydrogen) atoms. The van der Waals surface area contributed by atoms with Gasteiger partial charge in [0.25, 0.3) is 6.43 Å². The average molecular weight is 424 g/mol. The number of rotatable bonds is 4. The second-order valence-corrected chi connectivity index (χ2v) is 7.68. The van der Waals surface area contributed by atoms with Crippen molar-refractivity contribution in [3.8, 4) is 0 Å². The smallest absolute Gasteiger partial charge is 0.280 e. The molecular formula is C19H27F2N7S. The zero-order chi connectivity index (χ0) is 21.4. The molecule has 0 amide bonds. The number of hydrogen-bond acceptors (Lipinski definition) is 8. The van der Waals surface area contributed by atoms with Crippen LogP contribution < -0.4 is 16.4 Å². The van der Waals surface area contributed by atoms with Gasteiger partial charge in [0.2, 0.25) is 0 Å². The minimum Gasteiger partial charge on any atom is -0.404 e. The Bertz CT molecular complexity index is 809. The predicted octanol–water partition coefficient (Wildman–Crippen LogP) is 2.70. The molecule has 2 atom stereocenters. The number of anilines is 1. The van der Waals surface area contributed by atoms with Gasteiger partial charge in [-0.1, -0.05) is 6.92 Å². The van der Waals surface area contributed by atoms with Crippen molar-refractivity contribution in [1.82, 2.24) is 19.9 Å². The standard InChI is InChI=1S/C17H21F2N7.C2H6S/c1-10-4-11(21)8-26(7-10)15-5-14(23-9-24-15)12(6-20)17-22-3-2-13(25-17)16(18)19;1-3-2/h2-3,5-6,9-11,16H,4,7-8,20-21H2,1H3;1-2H3/b12-6-;. The molecule has 1 fully saturated rings. The van der Waals surface area contributed by atoms with Gasteiger partial charge in [-0.2, -0.15) is 11.8 Å². The molecule has 2 unspecified atom stereocenters. The van der Waals surface area contributed by atoms with Crippen LogP contribution in [0.2, 0.25) is 0 Å². The molecule has 10 heteroatoms. The van der Waals surface area contributed by atoms with Crippen molar-refractivity contribution in [2.24, 2.45) is 17.4 Å². The van der Waals surface area contributed by atoms with Gasteiger partial charge < -0.3 is 16.4 Å². The fraction of sp³-hybridized carbons (Fsp3) is 0.474. The Balaban J connectivity index is 0.000000941. The van der Waals surface area contributed by atoms with Crippen LogP contribution >= 0.6 is 11.8 Å². The first-order chi connectivity index (χ1) is 13.9. The highest BCUT2D eigenvalue weighted by molar-refractivity contribution is 7.97. The molecule has 3 rings (SSSR count). The molecule has 4 N–H and O–H groups in total. The summed E-state index contributed by atoms with van der Waals surface area (Å²) in [7, 11) is 0. The summed E-state index contributed by atoms with van der Waals surface area (Å²) in [4.78, 5) is 18.6. The summed E-state index contributed by atoms with van der Waals surface area (Å²) >= 11 is 1.75. The van der Waals surface area contributed by atoms with Gasteiger partial charge in [0.1, 0.15) is 17.8 Å². The van der Waals surface area contributed by atoms with E-state index >= 15 is 0 Å². The lowest BCUT2D eigenvalue weighted by Crippen LogP contribution is -2.46. The SMILES string of the molecule is CC1CC(N)CN(c2cc(/C(=C/N)c3nccc(C(F)F)n3)ncn2)C1.CSC. The number of alkyl halides is 2. The molecule has 1 saturated heterocycles. The molecule has 7 nitrogen and oxygen atoms in total. The molecule has 0 aromatic carbocycles. The number of aromatic nitrogens is 4. The summed E-state index contributed by atoms with van der Waals surface area (Å²) in [5, 5.41) is 0. The molecule has 0 saturated carbocycles. The lowest BCUT2D eigenvalue weighted by atomic mass is 9.96. The molecule has 3 heterocycles. The average Bonchev–Trinajstić information content (AvgIpc) is 2.69. The van der Waals surface area contributed by atoms with E-state index in [1.54, 1.807) is 17.8 Å². The van der Waals surface area contributed by atoms with Gasteiger partial charge in [-0.05, 0) is 30.9 Å². The van der Waals surface area contributed by atoms with Gasteiger partial charge in [-0.15, -0.1) is 0 Å². The predicted molar refractivity (Wildman–Crippen MR) is 114 cm³/mol. The number of nitrogens with two attached hydrogens (primary N) is 2. The molecule has 2 aromatic heterocycles. The second kappa shape index (κ2) is 11.0. The Morgan fingerprint density at radius 2 is 2.00 bits per heavy atom. The van der Waals surface area contributed by atoms with Gasteiger partial charge in [0.15, 0.2) is 5.82 Å². The molecule has 1 aliphatic heterocycles. The van der Waals surface area contributed by atoms with E-state index in [0.29, 0.717) is 29.5 Å². The van der Waals surface area contributed by atoms with Crippen LogP contribution in [0, 0.1) is 5.92 Å². The maximum absolute atomic E-state index is 12.9. The van der Waals surface area contributed by atoms with Crippen LogP contribution in [0.5, 0.6) is 0 Å². The lowest BCUT2D eigenvalue weighted by molar-refractivity contribution is 0.146. The Labute approximate surface area is 174 Å². The van der Waals surface area contributed by atoms with Gasteiger partial charge in [-0.3, -0.25) is 0 Å². The Morgan fingerprint density at radius 1 is 1.28 bits per heavy atom. The molecule has 0 aliphatic carbocycles. The number of piperidine rings is 1. The number of thioether (sulfide) groups is 1. The van der Waals surface area contributed by atoms with Crippen molar-refractivity contribution in [2.75, 3.05) is 30.5 Å². The van der Waals surface area contributed by atoms with Crippen LogP contribution in [0.4, 0.5) is 14.6 Å². The van der Waals surface area contributed by atoms with Crippen molar-refractivity contribution >= 4 is 23.2 Å². The van der Waals surface area contributed by atoms with E-state index < -0.39 is 6.43 Å². The van der Waals surface area contributed by atoms with Crippen molar-refractivity contribution in [3.63, 3.8) is 0 Å². The van der Waals surface area contributed by atoms with E-state index in [9.17, 15) is 8.78 Å². The second-order valence-electron chi connectivity index (χ2n) is 6.86. The van der Waals surface area contributed by atoms with Gasteiger partial charge in [0.05, 0.1) is 11.3 Å². The minimum absolute atomic E-state index is 0.0766. The van der Waals surface area contributed by atoms with Gasteiger partial charge >= 0.3 is 0 Å². The van der Waals surface area contributed by atoms with E-state index in [-0.39, 0.29) is 17.6 Å². The first-order valence-corrected chi connectivity index (χ1v) is 10.8. The van der Waals surface area contributed by atoms with Crippen LogP contribution in [0.1, 0.15) is 37.0 Å². The fourth-order valence-electron chi connectivity index (χ4n) is 3.15. The molecule has 1 aliphatic rings. The van der Waals surface area contributed by atoms with E-state index in [1.165, 1.54) is 24.8 Å². The summed E-state index contributed by atoms with van der Waals surface area (Å²) in [6, 6.07) is 3.00. The van der Waals surface area contributed by atoms with E-state index in [2.05, 4.69) is 31.8 Å². The molecule has 0 bridgehead atoms. The monoisotopic (exact) mass is 423 g/mol. The van der Waals surface area contributed by atoms with Gasteiger partial charge in [-0.25, -0.2) is 28.7 Å². The first kappa shape index (κ1) is 23.0. The normalized spacial score (nSPS) is 19.7. The summed E-state index contributed by atoms with van der Waals surface area (Å²) in [5.74, 6) is 1.26. The molecule has 2 aromatic rings. The fourth-order valence-corrected chi connectivity index (χ4v) is 3.15. The number of hydrogen-bond donors (Lipinski definition) is 2. The topological polar surface area (TPSA) is 107 Å². The Hall–Kier alpha value is -2.33. The Kier molecular flexibility index (Phi) is 8.71. The van der Waals surface area contributed by atoms with Crippen molar-refractivity contribution in [3.05, 3.63) is 48.1 Å². The molecule has 158 valence electrons. The highest BCUT2D eigenvalue weighted by Gasteiger charge is 2.24. The first-order valence-electron chi connectivity index (χ1n) is 9.16. The maximum Gasteiger partial charge on any atom is 0.280 e. The molecular weight excluding hydrogens is 396 g/mol. The highest BCUT2D eigenvalue weighted by atomic mass is 32.2. The van der Waals surface area contributed by atoms with Crippen molar-refractivity contribution in [1.29, 1.82) is 0 Å². The molecule has 0 radical (unpaired) electrons. The third kappa shape index (κ3) is 6.33. The number of halogens is 2. The van der Waals surface area contributed by atoms with Crippen LogP contribution in [-0.2, 0) is 0 Å². The van der Waals surface area contributed by atoms with E-state index in [4.69, 9.17) is 11.5 Å². The largest absolute Gasteiger partial charge is 0.404 e. The summed E-state index contributed by atoms with van der Waals surface area (Å²) in [6.45, 7) is 3.67. The third-order valence-corrected chi connectivity index (χ3v) is 4.25. The van der Waals surface area contributed by atoms with Gasteiger partial charge in [0, 0.05) is 37.6 Å². The number of nitrogens with zero attached hydrogens (tertiary/aromatic N) is 5. The van der Waals surface area contributed by atoms with E-state index in [0.717, 1.165) is 13.0 Å². The van der Waals surface area contributed by atoms with Crippen molar-refractivity contribution < 1.29 is 8.78 Å². The summed E-state index contributed by atoms with van der Waals surface area (Å²) < 4.78 is 25.8. The Morgan fingerprint density at radius 3 is 2.62 bits per heavy atom. The van der Waals surface area contributed by atoms with Crippen LogP contribution in [0.3, 0.4) is 0 Å². The summed E-state index contributed by atoms with van der Waals surface area (Å²) in [6.07, 6.45) is 6.32. The van der Waals surface area contributed by atoms with Crippen LogP contribution in [-0.4, -0.2) is 51.6 Å². The van der Waals surface area contributed by atoms with Crippen LogP contribution in [0.25, 0.3) is 5.57 Å². The van der Waals surface area contributed by atoms with Crippen molar-refractivity contribution in [2.45, 2.75) is 25.8 Å². The zero-order valence-electron chi connectivity index (χ0n) is 16.8. The quantitative estimate of drug-likeness (QED) is 0.773. The van der Waals surface area contributed by atoms with Crippen LogP contribution in [0.15, 0.2) is 30.9 Å². The minimum atomic E-state index is -2.69.